The number of fused-ring (bicyclic) bond motifs is 1. The molecule has 1 atom stereocenters. The van der Waals surface area contributed by atoms with Gasteiger partial charge in [-0.15, -0.1) is 23.7 Å². The number of phenols is 1. The molecule has 1 heterocycles. The summed E-state index contributed by atoms with van der Waals surface area (Å²) in [6.45, 7) is 2.23. The average Bonchev–Trinajstić information content (AvgIpc) is 2.98. The van der Waals surface area contributed by atoms with Gasteiger partial charge >= 0.3 is 0 Å². The van der Waals surface area contributed by atoms with Gasteiger partial charge in [-0.3, -0.25) is 0 Å². The van der Waals surface area contributed by atoms with E-state index in [0.29, 0.717) is 11.7 Å². The fraction of sp³-hybridized carbons (Fsp3) is 0.444. The molecule has 1 aliphatic carbocycles. The smallest absolute Gasteiger partial charge is 0.115 e. The van der Waals surface area contributed by atoms with Crippen LogP contribution in [0.25, 0.3) is 0 Å². The number of rotatable bonds is 5. The first-order valence-electron chi connectivity index (χ1n) is 7.75. The van der Waals surface area contributed by atoms with Crippen molar-refractivity contribution in [2.75, 3.05) is 20.1 Å². The zero-order chi connectivity index (χ0) is 14.7. The number of likely N-dealkylation sites (N-methyl/N-ethyl adjacent to an activating group) is 1. The summed E-state index contributed by atoms with van der Waals surface area (Å²) in [5.74, 6) is 1.02. The number of aryl methyl sites for hydroxylation is 1. The molecule has 0 spiro atoms. The van der Waals surface area contributed by atoms with Gasteiger partial charge in [0, 0.05) is 18.0 Å². The van der Waals surface area contributed by atoms with E-state index in [1.165, 1.54) is 28.8 Å². The standard InChI is InChI=1S/C18H23NOS.ClH/c1-19(10-9-17-6-3-11-21-17)13-15-5-2-4-14-12-16(20)7-8-18(14)15;/h3,6-8,11-12,15,20H,2,4-5,9-10,13H2,1H3;1H. The zero-order valence-electron chi connectivity index (χ0n) is 13.0. The van der Waals surface area contributed by atoms with Crippen molar-refractivity contribution in [3.05, 3.63) is 51.7 Å². The van der Waals surface area contributed by atoms with Crippen molar-refractivity contribution in [3.63, 3.8) is 0 Å². The van der Waals surface area contributed by atoms with Crippen LogP contribution < -0.4 is 0 Å². The van der Waals surface area contributed by atoms with E-state index < -0.39 is 0 Å². The van der Waals surface area contributed by atoms with Gasteiger partial charge in [-0.1, -0.05) is 12.1 Å². The molecule has 0 bridgehead atoms. The van der Waals surface area contributed by atoms with Gasteiger partial charge in [0.05, 0.1) is 0 Å². The number of thiophene rings is 1. The molecule has 0 aliphatic heterocycles. The van der Waals surface area contributed by atoms with Crippen molar-refractivity contribution in [3.8, 4) is 5.75 Å². The fourth-order valence-electron chi connectivity index (χ4n) is 3.31. The monoisotopic (exact) mass is 337 g/mol. The molecule has 3 rings (SSSR count). The minimum atomic E-state index is 0. The van der Waals surface area contributed by atoms with Gasteiger partial charge in [0.15, 0.2) is 0 Å². The maximum atomic E-state index is 9.64. The highest BCUT2D eigenvalue weighted by molar-refractivity contribution is 7.09. The molecule has 0 saturated heterocycles. The van der Waals surface area contributed by atoms with Gasteiger partial charge in [0.2, 0.25) is 0 Å². The Morgan fingerprint density at radius 3 is 2.95 bits per heavy atom. The Morgan fingerprint density at radius 2 is 2.18 bits per heavy atom. The van der Waals surface area contributed by atoms with Crippen LogP contribution in [0.1, 0.15) is 34.8 Å². The highest BCUT2D eigenvalue weighted by atomic mass is 35.5. The van der Waals surface area contributed by atoms with Crippen molar-refractivity contribution in [1.29, 1.82) is 0 Å². The first kappa shape index (κ1) is 17.3. The lowest BCUT2D eigenvalue weighted by Crippen LogP contribution is -2.28. The van der Waals surface area contributed by atoms with Gasteiger partial charge in [0.25, 0.3) is 0 Å². The third-order valence-corrected chi connectivity index (χ3v) is 5.35. The van der Waals surface area contributed by atoms with Crippen molar-refractivity contribution < 1.29 is 5.11 Å². The van der Waals surface area contributed by atoms with Crippen molar-refractivity contribution >= 4 is 23.7 Å². The second-order valence-corrected chi connectivity index (χ2v) is 7.10. The molecule has 120 valence electrons. The number of hydrogen-bond acceptors (Lipinski definition) is 3. The van der Waals surface area contributed by atoms with Crippen LogP contribution in [0.4, 0.5) is 0 Å². The summed E-state index contributed by atoms with van der Waals surface area (Å²) in [4.78, 5) is 3.92. The molecule has 1 aromatic carbocycles. The molecule has 2 aromatic rings. The van der Waals surface area contributed by atoms with E-state index in [9.17, 15) is 5.11 Å². The lowest BCUT2D eigenvalue weighted by atomic mass is 9.82. The van der Waals surface area contributed by atoms with Crippen LogP contribution in [0.15, 0.2) is 35.7 Å². The molecular weight excluding hydrogens is 314 g/mol. The van der Waals surface area contributed by atoms with Crippen molar-refractivity contribution in [1.82, 2.24) is 4.90 Å². The Kier molecular flexibility index (Phi) is 6.30. The first-order valence-corrected chi connectivity index (χ1v) is 8.63. The maximum Gasteiger partial charge on any atom is 0.115 e. The molecule has 0 fully saturated rings. The zero-order valence-corrected chi connectivity index (χ0v) is 14.6. The number of aromatic hydroxyl groups is 1. The lowest BCUT2D eigenvalue weighted by Gasteiger charge is -2.29. The molecule has 0 saturated carbocycles. The highest BCUT2D eigenvalue weighted by Crippen LogP contribution is 2.33. The molecule has 1 aromatic heterocycles. The Bertz CT molecular complexity index is 585. The quantitative estimate of drug-likeness (QED) is 0.870. The largest absolute Gasteiger partial charge is 0.508 e. The van der Waals surface area contributed by atoms with Crippen LogP contribution >= 0.6 is 23.7 Å². The topological polar surface area (TPSA) is 23.5 Å². The fourth-order valence-corrected chi connectivity index (χ4v) is 4.01. The summed E-state index contributed by atoms with van der Waals surface area (Å²) in [5.41, 5.74) is 2.79. The van der Waals surface area contributed by atoms with E-state index in [0.717, 1.165) is 25.9 Å². The Labute approximate surface area is 143 Å². The highest BCUT2D eigenvalue weighted by Gasteiger charge is 2.21. The SMILES string of the molecule is CN(CCc1cccs1)CC1CCCc2cc(O)ccc21.Cl. The first-order chi connectivity index (χ1) is 10.2. The molecule has 0 amide bonds. The van der Waals surface area contributed by atoms with Gasteiger partial charge < -0.3 is 10.0 Å². The van der Waals surface area contributed by atoms with Crippen LogP contribution in [-0.2, 0) is 12.8 Å². The average molecular weight is 338 g/mol. The van der Waals surface area contributed by atoms with Crippen LogP contribution in [-0.4, -0.2) is 30.1 Å². The third-order valence-electron chi connectivity index (χ3n) is 4.42. The third kappa shape index (κ3) is 4.25. The molecule has 22 heavy (non-hydrogen) atoms. The molecule has 1 N–H and O–H groups in total. The minimum absolute atomic E-state index is 0. The van der Waals surface area contributed by atoms with Crippen LogP contribution in [0, 0.1) is 0 Å². The number of phenolic OH excluding ortho intramolecular Hbond substituents is 1. The molecule has 1 unspecified atom stereocenters. The van der Waals surface area contributed by atoms with E-state index in [-0.39, 0.29) is 12.4 Å². The van der Waals surface area contributed by atoms with Crippen LogP contribution in [0.5, 0.6) is 5.75 Å². The van der Waals surface area contributed by atoms with Gasteiger partial charge in [-0.05, 0) is 73.4 Å². The van der Waals surface area contributed by atoms with Gasteiger partial charge in [0.1, 0.15) is 5.75 Å². The van der Waals surface area contributed by atoms with Gasteiger partial charge in [-0.25, -0.2) is 0 Å². The number of benzene rings is 1. The predicted octanol–water partition coefficient (Wildman–Crippen LogP) is 4.47. The van der Waals surface area contributed by atoms with E-state index >= 15 is 0 Å². The number of halogens is 1. The van der Waals surface area contributed by atoms with Crippen molar-refractivity contribution in [2.24, 2.45) is 0 Å². The molecular formula is C18H24ClNOS. The van der Waals surface area contributed by atoms with Crippen LogP contribution in [0.2, 0.25) is 0 Å². The Hall–Kier alpha value is -1.03. The molecule has 0 radical (unpaired) electrons. The molecule has 1 aliphatic rings. The summed E-state index contributed by atoms with van der Waals surface area (Å²) >= 11 is 1.85. The number of hydrogen-bond donors (Lipinski definition) is 1. The Morgan fingerprint density at radius 1 is 1.32 bits per heavy atom. The maximum absolute atomic E-state index is 9.64. The Balaban J connectivity index is 0.00000176. The summed E-state index contributed by atoms with van der Waals surface area (Å²) in [6.07, 6.45) is 4.75. The van der Waals surface area contributed by atoms with E-state index in [2.05, 4.69) is 35.5 Å². The number of nitrogens with zero attached hydrogens (tertiary/aromatic N) is 1. The summed E-state index contributed by atoms with van der Waals surface area (Å²) < 4.78 is 0. The van der Waals surface area contributed by atoms with Crippen molar-refractivity contribution in [2.45, 2.75) is 31.6 Å². The second-order valence-electron chi connectivity index (χ2n) is 6.06. The van der Waals surface area contributed by atoms with E-state index in [1.807, 2.05) is 23.5 Å². The lowest BCUT2D eigenvalue weighted by molar-refractivity contribution is 0.301. The second kappa shape index (κ2) is 8.00. The summed E-state index contributed by atoms with van der Waals surface area (Å²) in [7, 11) is 2.22. The van der Waals surface area contributed by atoms with Gasteiger partial charge in [-0.2, -0.15) is 0 Å². The summed E-state index contributed by atoms with van der Waals surface area (Å²) in [5, 5.41) is 11.8. The molecule has 4 heteroatoms. The minimum Gasteiger partial charge on any atom is -0.508 e. The molecule has 2 nitrogen and oxygen atoms in total. The normalized spacial score (nSPS) is 17.1. The van der Waals surface area contributed by atoms with E-state index in [1.54, 1.807) is 0 Å². The summed E-state index contributed by atoms with van der Waals surface area (Å²) in [6, 6.07) is 10.3. The van der Waals surface area contributed by atoms with E-state index in [4.69, 9.17) is 0 Å². The predicted molar refractivity (Wildman–Crippen MR) is 96.6 cm³/mol. The van der Waals surface area contributed by atoms with Crippen LogP contribution in [0.3, 0.4) is 0 Å².